The van der Waals surface area contributed by atoms with Crippen LogP contribution in [0.25, 0.3) is 22.3 Å². The van der Waals surface area contributed by atoms with Gasteiger partial charge in [-0.05, 0) is 77.0 Å². The van der Waals surface area contributed by atoms with Crippen molar-refractivity contribution in [3.63, 3.8) is 0 Å². The van der Waals surface area contributed by atoms with Crippen LogP contribution < -0.4 is 19.5 Å². The summed E-state index contributed by atoms with van der Waals surface area (Å²) >= 11 is 1.56. The first-order chi connectivity index (χ1) is 25.6. The van der Waals surface area contributed by atoms with Crippen LogP contribution in [0.2, 0.25) is 0 Å². The van der Waals surface area contributed by atoms with E-state index in [1.807, 2.05) is 42.7 Å². The van der Waals surface area contributed by atoms with Gasteiger partial charge < -0.3 is 19.7 Å². The van der Waals surface area contributed by atoms with Crippen LogP contribution in [0.1, 0.15) is 82.7 Å². The minimum absolute atomic E-state index is 0.0372. The Morgan fingerprint density at radius 2 is 1.87 bits per heavy atom. The number of sulfonamides is 1. The Bertz CT molecular complexity index is 2210. The predicted octanol–water partition coefficient (Wildman–Crippen LogP) is 5.80. The minimum Gasteiger partial charge on any atom is -0.496 e. The maximum atomic E-state index is 14.5. The first kappa shape index (κ1) is 37.8. The topological polar surface area (TPSA) is 160 Å². The van der Waals surface area contributed by atoms with Crippen molar-refractivity contribution in [1.29, 1.82) is 0 Å². The zero-order chi connectivity index (χ0) is 38.7. The van der Waals surface area contributed by atoms with E-state index >= 15 is 0 Å². The number of pyridine rings is 1. The van der Waals surface area contributed by atoms with E-state index in [1.54, 1.807) is 44.2 Å². The Labute approximate surface area is 320 Å². The highest BCUT2D eigenvalue weighted by Gasteiger charge is 2.63. The number of hydrogen-bond donors (Lipinski definition) is 2. The van der Waals surface area contributed by atoms with Crippen molar-refractivity contribution < 1.29 is 32.3 Å². The van der Waals surface area contributed by atoms with E-state index < -0.39 is 44.1 Å². The van der Waals surface area contributed by atoms with Crippen LogP contribution in [0.3, 0.4) is 0 Å². The van der Waals surface area contributed by atoms with Gasteiger partial charge in [-0.1, -0.05) is 26.0 Å². The first-order valence-corrected chi connectivity index (χ1v) is 20.9. The van der Waals surface area contributed by atoms with E-state index in [2.05, 4.69) is 23.9 Å². The molecule has 15 heteroatoms. The molecule has 0 bridgehead atoms. The summed E-state index contributed by atoms with van der Waals surface area (Å²) in [4.78, 5) is 55.2. The standard InChI is InChI=1S/C39H48N6O7S2/c1-22(2)35-41-28(21-53-35)27-18-30(26-13-14-29(51-7)23(3)32(26)40-27)52-31-20-45-33(24(31)4)34(46)42-39(36(47)43-54(49,50)38(5)15-16-38)19-25(39)12-10-8-9-11-17-44(6)37(45)48/h10,12-14,18,21-22,25,31H,8-9,11,15-17,19-20H2,1-7H3,(H,42,46)(H,43,47)/b12-10-/t25-,31+,39-/m1/s1. The molecule has 4 aliphatic rings. The van der Waals surface area contributed by atoms with E-state index in [-0.39, 0.29) is 30.6 Å². The summed E-state index contributed by atoms with van der Waals surface area (Å²) in [6.45, 7) is 9.99. The molecule has 3 aromatic rings. The van der Waals surface area contributed by atoms with Crippen LogP contribution in [-0.4, -0.2) is 89.7 Å². The molecule has 0 saturated heterocycles. The highest BCUT2D eigenvalue weighted by Crippen LogP contribution is 2.48. The third-order valence-corrected chi connectivity index (χ3v) is 14.5. The number of benzene rings is 1. The number of urea groups is 1. The van der Waals surface area contributed by atoms with Crippen molar-refractivity contribution in [2.75, 3.05) is 27.2 Å². The van der Waals surface area contributed by atoms with Crippen LogP contribution >= 0.6 is 11.3 Å². The van der Waals surface area contributed by atoms with Gasteiger partial charge in [0.05, 0.1) is 40.3 Å². The van der Waals surface area contributed by atoms with Gasteiger partial charge in [0.1, 0.15) is 28.8 Å². The molecule has 4 amide bonds. The van der Waals surface area contributed by atoms with Crippen molar-refractivity contribution in [3.05, 3.63) is 57.6 Å². The van der Waals surface area contributed by atoms with E-state index in [1.165, 1.54) is 4.90 Å². The number of fused-ring (bicyclic) bond motifs is 3. The third-order valence-electron chi connectivity index (χ3n) is 11.2. The number of hydrogen-bond acceptors (Lipinski definition) is 10. The number of carbonyl (C=O) groups is 3. The molecule has 288 valence electrons. The van der Waals surface area contributed by atoms with Crippen LogP contribution in [-0.2, 0) is 19.6 Å². The molecule has 1 aromatic carbocycles. The third kappa shape index (κ3) is 6.73. The summed E-state index contributed by atoms with van der Waals surface area (Å²) in [5.74, 6) is -0.409. The first-order valence-electron chi connectivity index (χ1n) is 18.5. The number of rotatable bonds is 8. The van der Waals surface area contributed by atoms with Crippen LogP contribution in [0.4, 0.5) is 4.79 Å². The predicted molar refractivity (Wildman–Crippen MR) is 207 cm³/mol. The van der Waals surface area contributed by atoms with Crippen LogP contribution in [0.5, 0.6) is 11.5 Å². The van der Waals surface area contributed by atoms with Gasteiger partial charge in [0.15, 0.2) is 0 Å². The molecule has 3 atom stereocenters. The van der Waals surface area contributed by atoms with Gasteiger partial charge >= 0.3 is 6.03 Å². The molecule has 13 nitrogen and oxygen atoms in total. The molecule has 2 N–H and O–H groups in total. The number of nitrogens with one attached hydrogen (secondary N) is 2. The molecular formula is C39H48N6O7S2. The van der Waals surface area contributed by atoms with Gasteiger partial charge in [-0.2, -0.15) is 0 Å². The molecule has 2 saturated carbocycles. The number of amides is 4. The number of ether oxygens (including phenoxy) is 2. The Morgan fingerprint density at radius 1 is 1.11 bits per heavy atom. The Balaban J connectivity index is 1.27. The maximum absolute atomic E-state index is 14.5. The fourth-order valence-electron chi connectivity index (χ4n) is 7.21. The van der Waals surface area contributed by atoms with Gasteiger partial charge in [0.2, 0.25) is 10.0 Å². The molecule has 0 radical (unpaired) electrons. The summed E-state index contributed by atoms with van der Waals surface area (Å²) in [5.41, 5.74) is 1.90. The van der Waals surface area contributed by atoms with Crippen LogP contribution in [0, 0.1) is 12.8 Å². The van der Waals surface area contributed by atoms with E-state index in [9.17, 15) is 22.8 Å². The maximum Gasteiger partial charge on any atom is 0.324 e. The van der Waals surface area contributed by atoms with E-state index in [0.717, 1.165) is 35.2 Å². The Morgan fingerprint density at radius 3 is 2.56 bits per heavy atom. The molecule has 4 heterocycles. The number of thiazole rings is 1. The van der Waals surface area contributed by atoms with Crippen LogP contribution in [0.15, 0.2) is 47.0 Å². The summed E-state index contributed by atoms with van der Waals surface area (Å²) in [6, 6.07) is 5.20. The SMILES string of the molecule is COc1ccc2c(O[C@H]3CN4C(=O)N(C)CCCC/C=C\[C@@H]5C[C@@]5(C(=O)NS(=O)(=O)C5(C)CC5)NC(=O)C4=C3C)cc(-c3csc(C(C)C)n3)nc2c1C. The largest absolute Gasteiger partial charge is 0.496 e. The molecule has 54 heavy (non-hydrogen) atoms. The van der Waals surface area contributed by atoms with Gasteiger partial charge in [0, 0.05) is 47.8 Å². The number of allylic oxidation sites excluding steroid dienone is 1. The van der Waals surface area contributed by atoms with Crippen molar-refractivity contribution in [1.82, 2.24) is 29.8 Å². The lowest BCUT2D eigenvalue weighted by atomic mass is 10.1. The fourth-order valence-corrected chi connectivity index (χ4v) is 9.35. The van der Waals surface area contributed by atoms with E-state index in [4.69, 9.17) is 19.4 Å². The highest BCUT2D eigenvalue weighted by molar-refractivity contribution is 7.91. The van der Waals surface area contributed by atoms with Gasteiger partial charge in [-0.25, -0.2) is 23.2 Å². The van der Waals surface area contributed by atoms with Crippen molar-refractivity contribution >= 4 is 50.1 Å². The second-order valence-electron chi connectivity index (χ2n) is 15.5. The number of aryl methyl sites for hydroxylation is 1. The summed E-state index contributed by atoms with van der Waals surface area (Å²) in [6.07, 6.45) is 6.53. The number of carbonyl (C=O) groups excluding carboxylic acids is 3. The molecule has 2 aromatic heterocycles. The molecule has 0 unspecified atom stereocenters. The average molecular weight is 777 g/mol. The minimum atomic E-state index is -3.96. The smallest absolute Gasteiger partial charge is 0.324 e. The van der Waals surface area contributed by atoms with Gasteiger partial charge in [-0.15, -0.1) is 11.3 Å². The Kier molecular flexibility index (Phi) is 9.78. The van der Waals surface area contributed by atoms with Gasteiger partial charge in [-0.3, -0.25) is 19.2 Å². The molecule has 2 aliphatic heterocycles. The lowest BCUT2D eigenvalue weighted by Crippen LogP contribution is -2.55. The molecule has 2 aliphatic carbocycles. The lowest BCUT2D eigenvalue weighted by molar-refractivity contribution is -0.128. The lowest BCUT2D eigenvalue weighted by Gasteiger charge is -2.28. The van der Waals surface area contributed by atoms with E-state index in [0.29, 0.717) is 53.4 Å². The molecule has 2 fully saturated rings. The highest BCUT2D eigenvalue weighted by atomic mass is 32.2. The number of aromatic nitrogens is 2. The summed E-state index contributed by atoms with van der Waals surface area (Å²) < 4.78 is 40.0. The average Bonchev–Trinajstić information content (AvgIpc) is 3.94. The second-order valence-corrected chi connectivity index (χ2v) is 18.6. The van der Waals surface area contributed by atoms with Crippen molar-refractivity contribution in [2.24, 2.45) is 5.92 Å². The summed E-state index contributed by atoms with van der Waals surface area (Å²) in [7, 11) is -0.647. The van der Waals surface area contributed by atoms with Gasteiger partial charge in [0.25, 0.3) is 11.8 Å². The second kappa shape index (κ2) is 14.0. The molecular weight excluding hydrogens is 729 g/mol. The fraction of sp³-hybridized carbons (Fsp3) is 0.513. The zero-order valence-electron chi connectivity index (χ0n) is 31.8. The molecule has 7 rings (SSSR count). The molecule has 0 spiro atoms. The monoisotopic (exact) mass is 776 g/mol. The Hall–Kier alpha value is -4.50. The normalized spacial score (nSPS) is 24.8. The summed E-state index contributed by atoms with van der Waals surface area (Å²) in [5, 5.41) is 6.59. The zero-order valence-corrected chi connectivity index (χ0v) is 33.4. The quantitative estimate of drug-likeness (QED) is 0.270. The van der Waals surface area contributed by atoms with Crippen molar-refractivity contribution in [3.8, 4) is 22.9 Å². The number of methoxy groups -OCH3 is 1. The van der Waals surface area contributed by atoms with Crippen molar-refractivity contribution in [2.45, 2.75) is 95.5 Å². The number of nitrogens with zero attached hydrogens (tertiary/aromatic N) is 4.